The number of fused-ring (bicyclic) bond motifs is 1. The molecule has 0 atom stereocenters. The summed E-state index contributed by atoms with van der Waals surface area (Å²) in [6.07, 6.45) is 0. The van der Waals surface area contributed by atoms with Crippen molar-refractivity contribution >= 4 is 28.3 Å². The van der Waals surface area contributed by atoms with Gasteiger partial charge in [0.05, 0.1) is 11.1 Å². The molecule has 0 radical (unpaired) electrons. The van der Waals surface area contributed by atoms with Crippen molar-refractivity contribution in [2.24, 2.45) is 7.05 Å². The molecule has 0 saturated carbocycles. The van der Waals surface area contributed by atoms with E-state index in [9.17, 15) is 14.4 Å². The molecule has 160 valence electrons. The summed E-state index contributed by atoms with van der Waals surface area (Å²) in [6, 6.07) is 22.7. The van der Waals surface area contributed by atoms with Gasteiger partial charge in [-0.05, 0) is 30.3 Å². The molecule has 0 aliphatic rings. The number of hydrogen-bond acceptors (Lipinski definition) is 6. The van der Waals surface area contributed by atoms with E-state index < -0.39 is 18.5 Å². The lowest BCUT2D eigenvalue weighted by molar-refractivity contribution is -0.119. The minimum Gasteiger partial charge on any atom is -0.455 e. The number of rotatable bonds is 6. The van der Waals surface area contributed by atoms with E-state index in [0.717, 1.165) is 4.68 Å². The Labute approximate surface area is 183 Å². The first-order valence-electron chi connectivity index (χ1n) is 9.78. The Kier molecular flexibility index (Phi) is 5.94. The lowest BCUT2D eigenvalue weighted by Gasteiger charge is -2.12. The maximum Gasteiger partial charge on any atom is 0.359 e. The summed E-state index contributed by atoms with van der Waals surface area (Å²) in [5.41, 5.74) is 0.0660. The molecule has 0 spiro atoms. The number of hydrogen-bond donors (Lipinski definition) is 1. The SMILES string of the molecule is Cn1nc(C(=O)OCC(=O)Nc2ccccc2Oc2ccccc2)c2ccccc2c1=O. The number of para-hydroxylation sites is 3. The van der Waals surface area contributed by atoms with Gasteiger partial charge in [0, 0.05) is 12.4 Å². The number of nitrogens with one attached hydrogen (secondary N) is 1. The van der Waals surface area contributed by atoms with Crippen molar-refractivity contribution < 1.29 is 19.1 Å². The van der Waals surface area contributed by atoms with E-state index in [-0.39, 0.29) is 11.3 Å². The highest BCUT2D eigenvalue weighted by Crippen LogP contribution is 2.29. The van der Waals surface area contributed by atoms with Gasteiger partial charge in [0.15, 0.2) is 18.1 Å². The van der Waals surface area contributed by atoms with Crippen molar-refractivity contribution in [3.05, 3.63) is 94.9 Å². The third-order valence-corrected chi connectivity index (χ3v) is 4.62. The first-order chi connectivity index (χ1) is 15.5. The highest BCUT2D eigenvalue weighted by molar-refractivity contribution is 6.03. The predicted molar refractivity (Wildman–Crippen MR) is 119 cm³/mol. The smallest absolute Gasteiger partial charge is 0.359 e. The number of aromatic nitrogens is 2. The van der Waals surface area contributed by atoms with Crippen LogP contribution in [0.4, 0.5) is 5.69 Å². The number of carbonyl (C=O) groups excluding carboxylic acids is 2. The Morgan fingerprint density at radius 3 is 2.34 bits per heavy atom. The number of carbonyl (C=O) groups is 2. The van der Waals surface area contributed by atoms with Gasteiger partial charge in [0.2, 0.25) is 0 Å². The molecule has 3 aromatic carbocycles. The molecule has 1 amide bonds. The summed E-state index contributed by atoms with van der Waals surface area (Å²) < 4.78 is 12.0. The second-order valence-corrected chi connectivity index (χ2v) is 6.86. The van der Waals surface area contributed by atoms with Crippen molar-refractivity contribution in [2.45, 2.75) is 0 Å². The van der Waals surface area contributed by atoms with E-state index in [0.29, 0.717) is 28.0 Å². The summed E-state index contributed by atoms with van der Waals surface area (Å²) in [5, 5.41) is 7.38. The van der Waals surface area contributed by atoms with Crippen LogP contribution in [0.2, 0.25) is 0 Å². The van der Waals surface area contributed by atoms with Crippen LogP contribution in [0.3, 0.4) is 0 Å². The van der Waals surface area contributed by atoms with Crippen molar-refractivity contribution in [1.82, 2.24) is 9.78 Å². The van der Waals surface area contributed by atoms with E-state index in [1.54, 1.807) is 60.7 Å². The summed E-state index contributed by atoms with van der Waals surface area (Å²) in [7, 11) is 1.45. The first-order valence-corrected chi connectivity index (χ1v) is 9.78. The molecule has 0 unspecified atom stereocenters. The molecule has 1 N–H and O–H groups in total. The van der Waals surface area contributed by atoms with Gasteiger partial charge in [-0.1, -0.05) is 48.5 Å². The van der Waals surface area contributed by atoms with Gasteiger partial charge >= 0.3 is 5.97 Å². The average Bonchev–Trinajstić information content (AvgIpc) is 2.82. The fraction of sp³-hybridized carbons (Fsp3) is 0.0833. The van der Waals surface area contributed by atoms with Gasteiger partial charge < -0.3 is 14.8 Å². The van der Waals surface area contributed by atoms with Crippen LogP contribution < -0.4 is 15.6 Å². The van der Waals surface area contributed by atoms with Gasteiger partial charge in [-0.25, -0.2) is 9.48 Å². The molecule has 8 nitrogen and oxygen atoms in total. The van der Waals surface area contributed by atoms with E-state index in [1.165, 1.54) is 7.05 Å². The molecule has 0 bridgehead atoms. The summed E-state index contributed by atoms with van der Waals surface area (Å²) in [4.78, 5) is 37.2. The van der Waals surface area contributed by atoms with E-state index in [4.69, 9.17) is 9.47 Å². The van der Waals surface area contributed by atoms with Gasteiger partial charge in [-0.3, -0.25) is 9.59 Å². The van der Waals surface area contributed by atoms with Gasteiger partial charge in [-0.2, -0.15) is 5.10 Å². The predicted octanol–water partition coefficient (Wildman–Crippen LogP) is 3.52. The fourth-order valence-electron chi connectivity index (χ4n) is 3.11. The second-order valence-electron chi connectivity index (χ2n) is 6.86. The van der Waals surface area contributed by atoms with Crippen molar-refractivity contribution in [3.63, 3.8) is 0 Å². The molecule has 0 fully saturated rings. The molecule has 1 aromatic heterocycles. The van der Waals surface area contributed by atoms with Gasteiger partial charge in [0.25, 0.3) is 11.5 Å². The normalized spacial score (nSPS) is 10.5. The number of benzene rings is 3. The Bertz CT molecular complexity index is 1350. The highest BCUT2D eigenvalue weighted by atomic mass is 16.5. The molecule has 0 aliphatic heterocycles. The quantitative estimate of drug-likeness (QED) is 0.471. The molecule has 1 heterocycles. The standard InChI is InChI=1S/C24H19N3O5/c1-27-23(29)18-12-6-5-11-17(18)22(26-27)24(30)31-15-21(28)25-19-13-7-8-14-20(19)32-16-9-3-2-4-10-16/h2-14H,15H2,1H3,(H,25,28). The Hall–Kier alpha value is -4.46. The first kappa shape index (κ1) is 20.8. The zero-order valence-electron chi connectivity index (χ0n) is 17.1. The topological polar surface area (TPSA) is 99.5 Å². The highest BCUT2D eigenvalue weighted by Gasteiger charge is 2.18. The molecule has 8 heteroatoms. The zero-order valence-corrected chi connectivity index (χ0v) is 17.1. The molecular formula is C24H19N3O5. The van der Waals surface area contributed by atoms with Crippen LogP contribution in [0.25, 0.3) is 10.8 Å². The number of anilines is 1. The number of amides is 1. The monoisotopic (exact) mass is 429 g/mol. The summed E-state index contributed by atoms with van der Waals surface area (Å²) >= 11 is 0. The van der Waals surface area contributed by atoms with Gasteiger partial charge in [-0.15, -0.1) is 0 Å². The lowest BCUT2D eigenvalue weighted by Crippen LogP contribution is -2.26. The molecule has 0 aliphatic carbocycles. The third kappa shape index (κ3) is 4.49. The molecule has 4 rings (SSSR count). The molecule has 4 aromatic rings. The second kappa shape index (κ2) is 9.13. The Balaban J connectivity index is 1.46. The summed E-state index contributed by atoms with van der Waals surface area (Å²) in [6.45, 7) is -0.530. The molecule has 32 heavy (non-hydrogen) atoms. The minimum atomic E-state index is -0.805. The van der Waals surface area contributed by atoms with E-state index in [1.807, 2.05) is 18.2 Å². The van der Waals surface area contributed by atoms with Crippen molar-refractivity contribution in [2.75, 3.05) is 11.9 Å². The summed E-state index contributed by atoms with van der Waals surface area (Å²) in [5.74, 6) is -0.283. The molecular weight excluding hydrogens is 410 g/mol. The largest absolute Gasteiger partial charge is 0.455 e. The van der Waals surface area contributed by atoms with E-state index >= 15 is 0 Å². The maximum absolute atomic E-state index is 12.6. The third-order valence-electron chi connectivity index (χ3n) is 4.62. The number of esters is 1. The Morgan fingerprint density at radius 2 is 1.56 bits per heavy atom. The van der Waals surface area contributed by atoms with Crippen LogP contribution in [0.1, 0.15) is 10.5 Å². The van der Waals surface area contributed by atoms with Crippen LogP contribution >= 0.6 is 0 Å². The molecule has 0 saturated heterocycles. The Morgan fingerprint density at radius 1 is 0.906 bits per heavy atom. The minimum absolute atomic E-state index is 0.0386. The lowest BCUT2D eigenvalue weighted by atomic mass is 10.1. The number of ether oxygens (including phenoxy) is 2. The maximum atomic E-state index is 12.6. The van der Waals surface area contributed by atoms with Crippen LogP contribution in [-0.2, 0) is 16.6 Å². The van der Waals surface area contributed by atoms with Crippen LogP contribution in [0, 0.1) is 0 Å². The fourth-order valence-corrected chi connectivity index (χ4v) is 3.11. The number of aryl methyl sites for hydroxylation is 1. The van der Waals surface area contributed by atoms with Crippen LogP contribution in [0.15, 0.2) is 83.7 Å². The van der Waals surface area contributed by atoms with Gasteiger partial charge in [0.1, 0.15) is 5.75 Å². The van der Waals surface area contributed by atoms with Crippen LogP contribution in [-0.4, -0.2) is 28.3 Å². The average molecular weight is 429 g/mol. The number of nitrogens with zero attached hydrogens (tertiary/aromatic N) is 2. The van der Waals surface area contributed by atoms with Crippen LogP contribution in [0.5, 0.6) is 11.5 Å². The van der Waals surface area contributed by atoms with Crippen molar-refractivity contribution in [3.8, 4) is 11.5 Å². The van der Waals surface area contributed by atoms with Crippen molar-refractivity contribution in [1.29, 1.82) is 0 Å². The van der Waals surface area contributed by atoms with E-state index in [2.05, 4.69) is 10.4 Å². The zero-order chi connectivity index (χ0) is 22.5.